The lowest BCUT2D eigenvalue weighted by molar-refractivity contribution is -0.137. The van der Waals surface area contributed by atoms with Gasteiger partial charge in [-0.1, -0.05) is 41.9 Å². The Bertz CT molecular complexity index is 747. The van der Waals surface area contributed by atoms with Gasteiger partial charge in [-0.3, -0.25) is 4.79 Å². The average molecular weight is 342 g/mol. The van der Waals surface area contributed by atoms with Gasteiger partial charge in [0, 0.05) is 11.6 Å². The first-order valence-electron chi connectivity index (χ1n) is 8.49. The van der Waals surface area contributed by atoms with Crippen molar-refractivity contribution < 1.29 is 9.53 Å². The van der Waals surface area contributed by atoms with Crippen molar-refractivity contribution >= 4 is 17.5 Å². The summed E-state index contributed by atoms with van der Waals surface area (Å²) in [6, 6.07) is 16.1. The van der Waals surface area contributed by atoms with Crippen molar-refractivity contribution in [3.63, 3.8) is 0 Å². The molecular formula is C20H20ClNO2. The Morgan fingerprint density at radius 2 is 2.00 bits per heavy atom. The van der Waals surface area contributed by atoms with Gasteiger partial charge in [0.15, 0.2) is 0 Å². The zero-order valence-electron chi connectivity index (χ0n) is 13.5. The van der Waals surface area contributed by atoms with Gasteiger partial charge in [0.1, 0.15) is 12.4 Å². The van der Waals surface area contributed by atoms with Crippen molar-refractivity contribution in [2.75, 3.05) is 13.2 Å². The number of benzene rings is 2. The van der Waals surface area contributed by atoms with E-state index in [1.54, 1.807) is 0 Å². The summed E-state index contributed by atoms with van der Waals surface area (Å²) in [6.07, 6.45) is 2.79. The van der Waals surface area contributed by atoms with Gasteiger partial charge in [0.25, 0.3) is 0 Å². The molecular weight excluding hydrogens is 322 g/mol. The highest BCUT2D eigenvalue weighted by Crippen LogP contribution is 2.36. The normalized spacial score (nSPS) is 22.8. The van der Waals surface area contributed by atoms with Gasteiger partial charge in [0.2, 0.25) is 5.91 Å². The number of nitrogens with zero attached hydrogens (tertiary/aromatic N) is 1. The number of halogens is 1. The lowest BCUT2D eigenvalue weighted by atomic mass is 9.94. The number of rotatable bonds is 2. The molecule has 2 aliphatic rings. The van der Waals surface area contributed by atoms with E-state index in [0.29, 0.717) is 18.1 Å². The van der Waals surface area contributed by atoms with Gasteiger partial charge in [-0.25, -0.2) is 0 Å². The largest absolute Gasteiger partial charge is 0.492 e. The van der Waals surface area contributed by atoms with E-state index in [2.05, 4.69) is 12.1 Å². The molecule has 2 atom stereocenters. The Hall–Kier alpha value is -2.00. The first-order chi connectivity index (χ1) is 11.7. The van der Waals surface area contributed by atoms with Crippen LogP contribution in [-0.4, -0.2) is 24.0 Å². The summed E-state index contributed by atoms with van der Waals surface area (Å²) < 4.78 is 5.81. The van der Waals surface area contributed by atoms with Gasteiger partial charge < -0.3 is 9.64 Å². The standard InChI is InChI=1S/C20H20ClNO2/c21-17-8-9-19-15(12-17)11-16(13-24-19)20(23)22-10-4-7-18(22)14-5-2-1-3-6-14/h1-3,5-6,8-9,12,16,18H,4,7,10-11,13H2/t16-,18+/m0/s1. The molecule has 0 spiro atoms. The Morgan fingerprint density at radius 3 is 2.83 bits per heavy atom. The van der Waals surface area contributed by atoms with Crippen molar-refractivity contribution in [3.05, 3.63) is 64.7 Å². The van der Waals surface area contributed by atoms with Crippen molar-refractivity contribution in [1.82, 2.24) is 4.90 Å². The second kappa shape index (κ2) is 6.48. The number of carbonyl (C=O) groups excluding carboxylic acids is 1. The van der Waals surface area contributed by atoms with Crippen LogP contribution in [0.25, 0.3) is 0 Å². The number of hydrogen-bond donors (Lipinski definition) is 0. The van der Waals surface area contributed by atoms with E-state index in [-0.39, 0.29) is 17.9 Å². The molecule has 1 fully saturated rings. The molecule has 1 saturated heterocycles. The first-order valence-corrected chi connectivity index (χ1v) is 8.87. The van der Waals surface area contributed by atoms with Crippen LogP contribution in [0.15, 0.2) is 48.5 Å². The molecule has 0 radical (unpaired) electrons. The van der Waals surface area contributed by atoms with E-state index >= 15 is 0 Å². The number of hydrogen-bond acceptors (Lipinski definition) is 2. The molecule has 0 aliphatic carbocycles. The summed E-state index contributed by atoms with van der Waals surface area (Å²) in [6.45, 7) is 1.28. The highest BCUT2D eigenvalue weighted by Gasteiger charge is 2.36. The second-order valence-electron chi connectivity index (χ2n) is 6.56. The van der Waals surface area contributed by atoms with Crippen LogP contribution in [0, 0.1) is 5.92 Å². The average Bonchev–Trinajstić information content (AvgIpc) is 3.11. The van der Waals surface area contributed by atoms with Gasteiger partial charge in [0.05, 0.1) is 12.0 Å². The molecule has 4 rings (SSSR count). The molecule has 0 saturated carbocycles. The van der Waals surface area contributed by atoms with E-state index in [4.69, 9.17) is 16.3 Å². The van der Waals surface area contributed by atoms with E-state index in [1.165, 1.54) is 5.56 Å². The fourth-order valence-corrected chi connectivity index (χ4v) is 4.00. The van der Waals surface area contributed by atoms with Crippen LogP contribution in [0.3, 0.4) is 0 Å². The van der Waals surface area contributed by atoms with E-state index < -0.39 is 0 Å². The summed E-state index contributed by atoms with van der Waals surface area (Å²) >= 11 is 6.08. The van der Waals surface area contributed by atoms with Crippen LogP contribution >= 0.6 is 11.6 Å². The fourth-order valence-electron chi connectivity index (χ4n) is 3.81. The van der Waals surface area contributed by atoms with Crippen molar-refractivity contribution in [1.29, 1.82) is 0 Å². The lowest BCUT2D eigenvalue weighted by Gasteiger charge is -2.31. The maximum Gasteiger partial charge on any atom is 0.229 e. The fraction of sp³-hybridized carbons (Fsp3) is 0.350. The minimum atomic E-state index is -0.125. The molecule has 2 heterocycles. The Kier molecular flexibility index (Phi) is 4.19. The van der Waals surface area contributed by atoms with Gasteiger partial charge in [-0.15, -0.1) is 0 Å². The predicted octanol–water partition coefficient (Wildman–Crippen LogP) is 4.25. The molecule has 2 aliphatic heterocycles. The zero-order valence-corrected chi connectivity index (χ0v) is 14.2. The number of amides is 1. The number of fused-ring (bicyclic) bond motifs is 1. The van der Waals surface area contributed by atoms with Crippen molar-refractivity contribution in [3.8, 4) is 5.75 Å². The number of likely N-dealkylation sites (tertiary alicyclic amines) is 1. The van der Waals surface area contributed by atoms with Gasteiger partial charge in [-0.2, -0.15) is 0 Å². The minimum absolute atomic E-state index is 0.125. The van der Waals surface area contributed by atoms with Gasteiger partial charge >= 0.3 is 0 Å². The molecule has 2 aromatic rings. The minimum Gasteiger partial charge on any atom is -0.492 e. The topological polar surface area (TPSA) is 29.5 Å². The molecule has 4 heteroatoms. The van der Waals surface area contributed by atoms with Crippen LogP contribution in [-0.2, 0) is 11.2 Å². The predicted molar refractivity (Wildman–Crippen MR) is 94.3 cm³/mol. The van der Waals surface area contributed by atoms with E-state index in [0.717, 1.165) is 30.7 Å². The molecule has 124 valence electrons. The Morgan fingerprint density at radius 1 is 1.17 bits per heavy atom. The summed E-state index contributed by atoms with van der Waals surface area (Å²) in [5.74, 6) is 0.928. The Labute approximate surface area is 147 Å². The Balaban J connectivity index is 1.53. The maximum atomic E-state index is 13.1. The lowest BCUT2D eigenvalue weighted by Crippen LogP contribution is -2.40. The third-order valence-corrected chi connectivity index (χ3v) is 5.23. The summed E-state index contributed by atoms with van der Waals surface area (Å²) in [4.78, 5) is 15.1. The molecule has 3 nitrogen and oxygen atoms in total. The van der Waals surface area contributed by atoms with Crippen LogP contribution < -0.4 is 4.74 Å². The van der Waals surface area contributed by atoms with Crippen LogP contribution in [0.1, 0.15) is 30.0 Å². The number of ether oxygens (including phenoxy) is 1. The summed E-state index contributed by atoms with van der Waals surface area (Å²) in [7, 11) is 0. The first kappa shape index (κ1) is 15.5. The molecule has 24 heavy (non-hydrogen) atoms. The molecule has 0 aromatic heterocycles. The molecule has 1 amide bonds. The van der Waals surface area contributed by atoms with Crippen LogP contribution in [0.5, 0.6) is 5.75 Å². The SMILES string of the molecule is O=C([C@@H]1COc2ccc(Cl)cc2C1)N1CCC[C@@H]1c1ccccc1. The van der Waals surface area contributed by atoms with E-state index in [9.17, 15) is 4.79 Å². The summed E-state index contributed by atoms with van der Waals surface area (Å²) in [5, 5.41) is 0.689. The third kappa shape index (κ3) is 2.89. The molecule has 0 N–H and O–H groups in total. The smallest absolute Gasteiger partial charge is 0.229 e. The zero-order chi connectivity index (χ0) is 16.5. The van der Waals surface area contributed by atoms with E-state index in [1.807, 2.05) is 41.3 Å². The van der Waals surface area contributed by atoms with Crippen LogP contribution in [0.2, 0.25) is 5.02 Å². The highest BCUT2D eigenvalue weighted by atomic mass is 35.5. The second-order valence-corrected chi connectivity index (χ2v) is 7.00. The maximum absolute atomic E-state index is 13.1. The quantitative estimate of drug-likeness (QED) is 0.817. The summed E-state index contributed by atoms with van der Waals surface area (Å²) in [5.41, 5.74) is 2.26. The molecule has 0 bridgehead atoms. The molecule has 0 unspecified atom stereocenters. The van der Waals surface area contributed by atoms with Crippen molar-refractivity contribution in [2.45, 2.75) is 25.3 Å². The van der Waals surface area contributed by atoms with Crippen LogP contribution in [0.4, 0.5) is 0 Å². The monoisotopic (exact) mass is 341 g/mol. The van der Waals surface area contributed by atoms with Gasteiger partial charge in [-0.05, 0) is 48.6 Å². The van der Waals surface area contributed by atoms with Crippen molar-refractivity contribution in [2.24, 2.45) is 5.92 Å². The third-order valence-electron chi connectivity index (χ3n) is 5.00. The number of carbonyl (C=O) groups is 1. The highest BCUT2D eigenvalue weighted by molar-refractivity contribution is 6.30. The molecule has 2 aromatic carbocycles.